The molecule has 2 rings (SSSR count). The van der Waals surface area contributed by atoms with Crippen LogP contribution >= 0.6 is 15.9 Å². The molecule has 100 valence electrons. The van der Waals surface area contributed by atoms with Crippen molar-refractivity contribution in [2.75, 3.05) is 0 Å². The Morgan fingerprint density at radius 1 is 1.11 bits per heavy atom. The van der Waals surface area contributed by atoms with E-state index in [0.29, 0.717) is 12.5 Å². The maximum absolute atomic E-state index is 5.91. The van der Waals surface area contributed by atoms with Crippen molar-refractivity contribution in [3.63, 3.8) is 0 Å². The molecule has 0 amide bonds. The highest BCUT2D eigenvalue weighted by atomic mass is 79.9. The van der Waals surface area contributed by atoms with Gasteiger partial charge in [-0.25, -0.2) is 0 Å². The van der Waals surface area contributed by atoms with Gasteiger partial charge in [0.05, 0.1) is 0 Å². The Balaban J connectivity index is 2.24. The molecule has 0 aliphatic carbocycles. The standard InChI is InChI=1S/C16H18BrNO/c1-11(2)12-6-8-13(9-7-12)19-16-5-3-4-15(17)14(16)10-18/h3-9,11H,10,18H2,1-2H3. The highest BCUT2D eigenvalue weighted by Gasteiger charge is 2.07. The molecule has 0 fully saturated rings. The summed E-state index contributed by atoms with van der Waals surface area (Å²) in [7, 11) is 0. The van der Waals surface area contributed by atoms with Crippen LogP contribution in [0.4, 0.5) is 0 Å². The quantitative estimate of drug-likeness (QED) is 0.876. The summed E-state index contributed by atoms with van der Waals surface area (Å²) >= 11 is 3.49. The van der Waals surface area contributed by atoms with Crippen LogP contribution in [0.5, 0.6) is 11.5 Å². The Labute approximate surface area is 122 Å². The molecule has 2 aromatic carbocycles. The first-order valence-corrected chi connectivity index (χ1v) is 7.16. The highest BCUT2D eigenvalue weighted by molar-refractivity contribution is 9.10. The lowest BCUT2D eigenvalue weighted by Gasteiger charge is -2.12. The lowest BCUT2D eigenvalue weighted by atomic mass is 10.0. The molecular weight excluding hydrogens is 302 g/mol. The minimum atomic E-state index is 0.445. The third-order valence-corrected chi connectivity index (χ3v) is 3.80. The number of hydrogen-bond donors (Lipinski definition) is 1. The molecule has 0 radical (unpaired) electrons. The first-order valence-electron chi connectivity index (χ1n) is 6.37. The van der Waals surface area contributed by atoms with E-state index in [2.05, 4.69) is 41.9 Å². The van der Waals surface area contributed by atoms with E-state index in [0.717, 1.165) is 21.5 Å². The Hall–Kier alpha value is -1.32. The summed E-state index contributed by atoms with van der Waals surface area (Å²) in [6.07, 6.45) is 0. The largest absolute Gasteiger partial charge is 0.457 e. The molecule has 0 aliphatic heterocycles. The molecule has 19 heavy (non-hydrogen) atoms. The molecule has 0 saturated heterocycles. The van der Waals surface area contributed by atoms with Gasteiger partial charge in [-0.2, -0.15) is 0 Å². The summed E-state index contributed by atoms with van der Waals surface area (Å²) in [5.74, 6) is 2.16. The zero-order valence-electron chi connectivity index (χ0n) is 11.2. The molecule has 2 aromatic rings. The molecule has 0 aliphatic rings. The minimum absolute atomic E-state index is 0.445. The molecule has 0 aromatic heterocycles. The van der Waals surface area contributed by atoms with Crippen LogP contribution in [-0.2, 0) is 6.54 Å². The third kappa shape index (κ3) is 3.37. The van der Waals surface area contributed by atoms with Gasteiger partial charge in [0.15, 0.2) is 0 Å². The number of nitrogens with two attached hydrogens (primary N) is 1. The second kappa shape index (κ2) is 6.22. The maximum atomic E-state index is 5.91. The molecule has 0 heterocycles. The van der Waals surface area contributed by atoms with Crippen LogP contribution in [-0.4, -0.2) is 0 Å². The van der Waals surface area contributed by atoms with Gasteiger partial charge in [-0.15, -0.1) is 0 Å². The topological polar surface area (TPSA) is 35.2 Å². The zero-order chi connectivity index (χ0) is 13.8. The van der Waals surface area contributed by atoms with Crippen LogP contribution in [0.25, 0.3) is 0 Å². The normalized spacial score (nSPS) is 10.8. The molecule has 2 N–H and O–H groups in total. The summed E-state index contributed by atoms with van der Waals surface area (Å²) in [6.45, 7) is 4.80. The predicted molar refractivity (Wildman–Crippen MR) is 82.6 cm³/mol. The maximum Gasteiger partial charge on any atom is 0.133 e. The number of benzene rings is 2. The van der Waals surface area contributed by atoms with Crippen LogP contribution in [0, 0.1) is 0 Å². The van der Waals surface area contributed by atoms with Gasteiger partial charge >= 0.3 is 0 Å². The van der Waals surface area contributed by atoms with Gasteiger partial charge in [0.1, 0.15) is 11.5 Å². The van der Waals surface area contributed by atoms with Gasteiger partial charge in [0.2, 0.25) is 0 Å². The first kappa shape index (κ1) is 14.1. The van der Waals surface area contributed by atoms with E-state index in [9.17, 15) is 0 Å². The van der Waals surface area contributed by atoms with E-state index in [1.54, 1.807) is 0 Å². The summed E-state index contributed by atoms with van der Waals surface area (Å²) in [4.78, 5) is 0. The predicted octanol–water partition coefficient (Wildman–Crippen LogP) is 4.82. The van der Waals surface area contributed by atoms with Crippen molar-refractivity contribution in [2.24, 2.45) is 5.73 Å². The summed E-state index contributed by atoms with van der Waals surface area (Å²) in [5, 5.41) is 0. The summed E-state index contributed by atoms with van der Waals surface area (Å²) in [6, 6.07) is 14.0. The number of ether oxygens (including phenoxy) is 1. The highest BCUT2D eigenvalue weighted by Crippen LogP contribution is 2.30. The van der Waals surface area contributed by atoms with E-state index in [1.807, 2.05) is 30.3 Å². The monoisotopic (exact) mass is 319 g/mol. The SMILES string of the molecule is CC(C)c1ccc(Oc2cccc(Br)c2CN)cc1. The van der Waals surface area contributed by atoms with Gasteiger partial charge < -0.3 is 10.5 Å². The second-order valence-electron chi connectivity index (χ2n) is 4.75. The molecule has 2 nitrogen and oxygen atoms in total. The Morgan fingerprint density at radius 2 is 1.79 bits per heavy atom. The molecule has 3 heteroatoms. The Morgan fingerprint density at radius 3 is 2.37 bits per heavy atom. The Bertz CT molecular complexity index is 549. The van der Waals surface area contributed by atoms with Crippen molar-refractivity contribution in [1.82, 2.24) is 0 Å². The number of halogens is 1. The molecular formula is C16H18BrNO. The van der Waals surface area contributed by atoms with Crippen molar-refractivity contribution in [3.8, 4) is 11.5 Å². The van der Waals surface area contributed by atoms with E-state index >= 15 is 0 Å². The molecule has 0 spiro atoms. The van der Waals surface area contributed by atoms with E-state index in [4.69, 9.17) is 10.5 Å². The van der Waals surface area contributed by atoms with Gasteiger partial charge in [0.25, 0.3) is 0 Å². The molecule has 0 atom stereocenters. The average molecular weight is 320 g/mol. The lowest BCUT2D eigenvalue weighted by Crippen LogP contribution is -2.00. The average Bonchev–Trinajstić information content (AvgIpc) is 2.39. The second-order valence-corrected chi connectivity index (χ2v) is 5.60. The van der Waals surface area contributed by atoms with Crippen LogP contribution in [0.3, 0.4) is 0 Å². The fourth-order valence-electron chi connectivity index (χ4n) is 1.88. The fraction of sp³-hybridized carbons (Fsp3) is 0.250. The van der Waals surface area contributed by atoms with E-state index in [1.165, 1.54) is 5.56 Å². The van der Waals surface area contributed by atoms with Crippen LogP contribution in [0.2, 0.25) is 0 Å². The lowest BCUT2D eigenvalue weighted by molar-refractivity contribution is 0.475. The third-order valence-electron chi connectivity index (χ3n) is 3.05. The van der Waals surface area contributed by atoms with Gasteiger partial charge in [-0.05, 0) is 35.7 Å². The smallest absolute Gasteiger partial charge is 0.133 e. The minimum Gasteiger partial charge on any atom is -0.457 e. The van der Waals surface area contributed by atoms with Crippen molar-refractivity contribution in [2.45, 2.75) is 26.3 Å². The van der Waals surface area contributed by atoms with Gasteiger partial charge in [-0.3, -0.25) is 0 Å². The van der Waals surface area contributed by atoms with Gasteiger partial charge in [-0.1, -0.05) is 48.0 Å². The van der Waals surface area contributed by atoms with Crippen LogP contribution in [0.15, 0.2) is 46.9 Å². The molecule has 0 bridgehead atoms. The van der Waals surface area contributed by atoms with Crippen molar-refractivity contribution < 1.29 is 4.74 Å². The van der Waals surface area contributed by atoms with Gasteiger partial charge in [0, 0.05) is 16.6 Å². The van der Waals surface area contributed by atoms with E-state index in [-0.39, 0.29) is 0 Å². The zero-order valence-corrected chi connectivity index (χ0v) is 12.8. The number of hydrogen-bond acceptors (Lipinski definition) is 2. The van der Waals surface area contributed by atoms with E-state index < -0.39 is 0 Å². The van der Waals surface area contributed by atoms with Crippen molar-refractivity contribution in [1.29, 1.82) is 0 Å². The van der Waals surface area contributed by atoms with Crippen LogP contribution < -0.4 is 10.5 Å². The first-order chi connectivity index (χ1) is 9.11. The molecule has 0 saturated carbocycles. The number of rotatable bonds is 4. The summed E-state index contributed by atoms with van der Waals surface area (Å²) in [5.41, 5.74) is 8.05. The van der Waals surface area contributed by atoms with Crippen molar-refractivity contribution in [3.05, 3.63) is 58.1 Å². The van der Waals surface area contributed by atoms with Crippen molar-refractivity contribution >= 4 is 15.9 Å². The Kier molecular flexibility index (Phi) is 4.61. The molecule has 0 unspecified atom stereocenters. The summed E-state index contributed by atoms with van der Waals surface area (Å²) < 4.78 is 6.88. The fourth-order valence-corrected chi connectivity index (χ4v) is 2.39. The van der Waals surface area contributed by atoms with Crippen LogP contribution in [0.1, 0.15) is 30.9 Å².